The second-order valence-corrected chi connectivity index (χ2v) is 14.3. The summed E-state index contributed by atoms with van der Waals surface area (Å²) in [4.78, 5) is 0. The van der Waals surface area contributed by atoms with Gasteiger partial charge in [-0.3, -0.25) is 0 Å². The lowest BCUT2D eigenvalue weighted by Crippen LogP contribution is -3.00. The van der Waals surface area contributed by atoms with Crippen LogP contribution in [0.15, 0.2) is 91.0 Å². The summed E-state index contributed by atoms with van der Waals surface area (Å²) in [7, 11) is -6.05. The molecule has 0 fully saturated rings. The van der Waals surface area contributed by atoms with Crippen molar-refractivity contribution in [3.05, 3.63) is 91.0 Å². The lowest BCUT2D eigenvalue weighted by molar-refractivity contribution is -0.284. The van der Waals surface area contributed by atoms with Crippen molar-refractivity contribution in [2.24, 2.45) is 0 Å². The van der Waals surface area contributed by atoms with E-state index in [-0.39, 0.29) is 36.2 Å². The third-order valence-corrected chi connectivity index (χ3v) is 12.2. The van der Waals surface area contributed by atoms with Crippen molar-refractivity contribution in [3.8, 4) is 0 Å². The van der Waals surface area contributed by atoms with Crippen molar-refractivity contribution in [2.75, 3.05) is 17.7 Å². The first kappa shape index (κ1) is 30.6. The van der Waals surface area contributed by atoms with Gasteiger partial charge >= 0.3 is 12.1 Å². The summed E-state index contributed by atoms with van der Waals surface area (Å²) in [6, 6.07) is 29.5. The fraction of sp³-hybridized carbons (Fsp3) is 0.308. The number of halogens is 6. The van der Waals surface area contributed by atoms with Crippen molar-refractivity contribution < 1.29 is 54.3 Å². The van der Waals surface area contributed by atoms with E-state index < -0.39 is 47.8 Å². The van der Waals surface area contributed by atoms with Crippen LogP contribution >= 0.6 is 7.26 Å². The summed E-state index contributed by atoms with van der Waals surface area (Å²) in [5.41, 5.74) is 0. The molecule has 0 unspecified atom stereocenters. The van der Waals surface area contributed by atoms with Crippen LogP contribution in [0.2, 0.25) is 0 Å². The molecule has 0 radical (unpaired) electrons. The Balaban J connectivity index is 0.00000456. The van der Waals surface area contributed by atoms with E-state index in [2.05, 4.69) is 0 Å². The minimum atomic E-state index is -5.68. The van der Waals surface area contributed by atoms with Crippen LogP contribution in [0, 0.1) is 0 Å². The van der Waals surface area contributed by atoms with Gasteiger partial charge in [0, 0.05) is 6.42 Å². The molecule has 0 N–H and O–H groups in total. The van der Waals surface area contributed by atoms with Crippen LogP contribution in [-0.4, -0.2) is 38.2 Å². The summed E-state index contributed by atoms with van der Waals surface area (Å²) < 4.78 is 88.5. The van der Waals surface area contributed by atoms with Gasteiger partial charge < -0.3 is 24.0 Å². The fourth-order valence-electron chi connectivity index (χ4n) is 4.16. The van der Waals surface area contributed by atoms with Crippen LogP contribution in [0.5, 0.6) is 0 Å². The first-order valence-electron chi connectivity index (χ1n) is 11.2. The Morgan fingerprint density at radius 3 is 1.33 bits per heavy atom. The molecule has 0 spiro atoms. The van der Waals surface area contributed by atoms with Crippen LogP contribution in [0.3, 0.4) is 0 Å². The number of sulfone groups is 1. The highest BCUT2D eigenvalue weighted by Crippen LogP contribution is 2.55. The van der Waals surface area contributed by atoms with Gasteiger partial charge in [0.2, 0.25) is 0 Å². The SMILES string of the molecule is O=S(=O)(CCCC(F)(F)C(F)(F)F)CCC[P+](c1ccccc1)(c1ccccc1)c1ccccc1.[I-]. The molecule has 10 heteroatoms. The van der Waals surface area contributed by atoms with Crippen LogP contribution in [0.1, 0.15) is 19.3 Å². The topological polar surface area (TPSA) is 34.1 Å². The average Bonchev–Trinajstić information content (AvgIpc) is 2.83. The maximum absolute atomic E-state index is 13.2. The Morgan fingerprint density at radius 1 is 0.611 bits per heavy atom. The van der Waals surface area contributed by atoms with E-state index in [1.54, 1.807) is 0 Å². The van der Waals surface area contributed by atoms with Crippen LogP contribution in [0.25, 0.3) is 0 Å². The smallest absolute Gasteiger partial charge is 0.453 e. The van der Waals surface area contributed by atoms with E-state index in [1.165, 1.54) is 0 Å². The number of rotatable bonds is 11. The summed E-state index contributed by atoms with van der Waals surface area (Å²) >= 11 is 0. The largest absolute Gasteiger partial charge is 1.00 e. The molecule has 3 aromatic rings. The Bertz CT molecular complexity index is 1080. The molecule has 3 rings (SSSR count). The molecule has 0 aliphatic rings. The van der Waals surface area contributed by atoms with Gasteiger partial charge in [-0.1, -0.05) is 54.6 Å². The van der Waals surface area contributed by atoms with Crippen LogP contribution in [-0.2, 0) is 9.84 Å². The molecular formula is C26H27F5IO2PS. The van der Waals surface area contributed by atoms with Gasteiger partial charge in [-0.15, -0.1) is 0 Å². The number of hydrogen-bond donors (Lipinski definition) is 0. The molecule has 0 aliphatic carbocycles. The molecule has 196 valence electrons. The molecule has 0 saturated heterocycles. The molecule has 0 aliphatic heterocycles. The second-order valence-electron chi connectivity index (χ2n) is 8.35. The standard InChI is InChI=1S/C26H27F5O2PS.HI/c27-25(28,26(29,30)31)18-10-20-35(32,33)21-11-19-34(22-12-4-1-5-13-22,23-14-6-2-7-15-23)24-16-8-3-9-17-24;/h1-9,12-17H,10-11,18-21H2;1H/q+1;/p-1. The zero-order valence-corrected chi connectivity index (χ0v) is 23.2. The third-order valence-electron chi connectivity index (χ3n) is 5.90. The first-order chi connectivity index (χ1) is 16.5. The summed E-state index contributed by atoms with van der Waals surface area (Å²) in [5, 5.41) is 3.25. The Morgan fingerprint density at radius 2 is 0.972 bits per heavy atom. The monoisotopic (exact) mass is 656 g/mol. The summed E-state index contributed by atoms with van der Waals surface area (Å²) in [5.74, 6) is -5.87. The van der Waals surface area contributed by atoms with Gasteiger partial charge in [-0.25, -0.2) is 8.42 Å². The molecule has 2 nitrogen and oxygen atoms in total. The molecule has 0 amide bonds. The molecule has 0 saturated carbocycles. The minimum Gasteiger partial charge on any atom is -1.00 e. The van der Waals surface area contributed by atoms with Gasteiger partial charge in [0.05, 0.1) is 17.7 Å². The molecular weight excluding hydrogens is 629 g/mol. The van der Waals surface area contributed by atoms with Gasteiger partial charge in [0.15, 0.2) is 0 Å². The Labute approximate surface area is 226 Å². The minimum absolute atomic E-state index is 0. The molecule has 0 bridgehead atoms. The summed E-state index contributed by atoms with van der Waals surface area (Å²) in [6.07, 6.45) is -7.19. The Hall–Kier alpha value is -1.58. The average molecular weight is 656 g/mol. The molecule has 0 heterocycles. The third kappa shape index (κ3) is 7.48. The fourth-order valence-corrected chi connectivity index (χ4v) is 10.1. The van der Waals surface area contributed by atoms with Crippen molar-refractivity contribution in [1.29, 1.82) is 0 Å². The van der Waals surface area contributed by atoms with Gasteiger partial charge in [-0.2, -0.15) is 22.0 Å². The lowest BCUT2D eigenvalue weighted by Gasteiger charge is -2.27. The predicted octanol–water partition coefficient (Wildman–Crippen LogP) is 2.77. The maximum atomic E-state index is 13.2. The first-order valence-corrected chi connectivity index (χ1v) is 15.0. The molecule has 0 aromatic heterocycles. The number of alkyl halides is 5. The number of hydrogen-bond acceptors (Lipinski definition) is 2. The maximum Gasteiger partial charge on any atom is 0.453 e. The second kappa shape index (κ2) is 12.8. The summed E-state index contributed by atoms with van der Waals surface area (Å²) in [6.45, 7) is 0. The molecule has 36 heavy (non-hydrogen) atoms. The highest BCUT2D eigenvalue weighted by Gasteiger charge is 2.56. The van der Waals surface area contributed by atoms with E-state index >= 15 is 0 Å². The van der Waals surface area contributed by atoms with Gasteiger partial charge in [0.1, 0.15) is 33.0 Å². The zero-order chi connectivity index (χ0) is 25.6. The van der Waals surface area contributed by atoms with Gasteiger partial charge in [0.25, 0.3) is 0 Å². The van der Waals surface area contributed by atoms with E-state index in [1.807, 2.05) is 91.0 Å². The van der Waals surface area contributed by atoms with E-state index in [9.17, 15) is 30.4 Å². The highest BCUT2D eigenvalue weighted by molar-refractivity contribution is 7.95. The lowest BCUT2D eigenvalue weighted by atomic mass is 10.2. The van der Waals surface area contributed by atoms with Crippen molar-refractivity contribution in [1.82, 2.24) is 0 Å². The zero-order valence-electron chi connectivity index (χ0n) is 19.3. The van der Waals surface area contributed by atoms with Crippen molar-refractivity contribution >= 4 is 33.0 Å². The van der Waals surface area contributed by atoms with E-state index in [0.717, 1.165) is 15.9 Å². The van der Waals surface area contributed by atoms with Crippen LogP contribution < -0.4 is 39.9 Å². The molecule has 3 aromatic carbocycles. The normalized spacial score (nSPS) is 12.7. The quantitative estimate of drug-likeness (QED) is 0.181. The van der Waals surface area contributed by atoms with Gasteiger partial charge in [-0.05, 0) is 49.2 Å². The Kier molecular flexibility index (Phi) is 10.9. The van der Waals surface area contributed by atoms with Crippen molar-refractivity contribution in [3.63, 3.8) is 0 Å². The van der Waals surface area contributed by atoms with Crippen molar-refractivity contribution in [2.45, 2.75) is 31.4 Å². The van der Waals surface area contributed by atoms with E-state index in [0.29, 0.717) is 6.16 Å². The number of benzene rings is 3. The molecule has 0 atom stereocenters. The van der Waals surface area contributed by atoms with E-state index in [4.69, 9.17) is 0 Å². The predicted molar refractivity (Wildman–Crippen MR) is 134 cm³/mol. The van der Waals surface area contributed by atoms with Crippen LogP contribution in [0.4, 0.5) is 22.0 Å². The highest BCUT2D eigenvalue weighted by atomic mass is 127.